The Morgan fingerprint density at radius 2 is 2.17 bits per heavy atom. The molecule has 1 N–H and O–H groups in total. The van der Waals surface area contributed by atoms with Gasteiger partial charge in [0.05, 0.1) is 17.2 Å². The van der Waals surface area contributed by atoms with E-state index in [0.29, 0.717) is 6.54 Å². The van der Waals surface area contributed by atoms with Crippen molar-refractivity contribution in [1.29, 1.82) is 0 Å². The van der Waals surface area contributed by atoms with Gasteiger partial charge < -0.3 is 9.73 Å². The number of likely N-dealkylation sites (tertiary alicyclic amines) is 1. The minimum Gasteiger partial charge on any atom is -0.468 e. The Bertz CT molecular complexity index is 657. The molecule has 1 aliphatic heterocycles. The van der Waals surface area contributed by atoms with Crippen molar-refractivity contribution in [2.75, 3.05) is 19.6 Å². The van der Waals surface area contributed by atoms with Gasteiger partial charge in [0.1, 0.15) is 5.76 Å². The first kappa shape index (κ1) is 17.2. The van der Waals surface area contributed by atoms with Crippen molar-refractivity contribution >= 4 is 17.2 Å². The molecule has 4 nitrogen and oxygen atoms in total. The number of aryl methyl sites for hydroxylation is 2. The predicted octanol–water partition coefficient (Wildman–Crippen LogP) is 4.17. The minimum atomic E-state index is 0.0244. The highest BCUT2D eigenvalue weighted by Crippen LogP contribution is 2.25. The maximum absolute atomic E-state index is 12.5. The van der Waals surface area contributed by atoms with Crippen LogP contribution in [0.5, 0.6) is 0 Å². The first-order chi connectivity index (χ1) is 11.7. The molecule has 0 bridgehead atoms. The zero-order valence-corrected chi connectivity index (χ0v) is 15.3. The predicted molar refractivity (Wildman–Crippen MR) is 97.6 cm³/mol. The molecule has 1 amide bonds. The highest BCUT2D eigenvalue weighted by molar-refractivity contribution is 7.14. The number of rotatable bonds is 6. The van der Waals surface area contributed by atoms with Gasteiger partial charge in [0.15, 0.2) is 0 Å². The van der Waals surface area contributed by atoms with Crippen LogP contribution in [0.1, 0.15) is 58.1 Å². The van der Waals surface area contributed by atoms with E-state index in [1.165, 1.54) is 29.7 Å². The third kappa shape index (κ3) is 3.90. The quantitative estimate of drug-likeness (QED) is 0.854. The summed E-state index contributed by atoms with van der Waals surface area (Å²) in [4.78, 5) is 17.0. The number of furan rings is 1. The second kappa shape index (κ2) is 7.99. The molecule has 3 heterocycles. The molecule has 1 atom stereocenters. The molecule has 0 spiro atoms. The zero-order chi connectivity index (χ0) is 16.9. The van der Waals surface area contributed by atoms with Crippen molar-refractivity contribution in [3.63, 3.8) is 0 Å². The molecule has 0 saturated carbocycles. The van der Waals surface area contributed by atoms with E-state index in [1.807, 2.05) is 18.2 Å². The van der Waals surface area contributed by atoms with Crippen LogP contribution in [0.2, 0.25) is 0 Å². The first-order valence-electron chi connectivity index (χ1n) is 8.84. The lowest BCUT2D eigenvalue weighted by molar-refractivity contribution is 0.0918. The third-order valence-electron chi connectivity index (χ3n) is 4.78. The number of carbonyl (C=O) groups is 1. The van der Waals surface area contributed by atoms with Gasteiger partial charge >= 0.3 is 0 Å². The molecule has 130 valence electrons. The monoisotopic (exact) mass is 346 g/mol. The van der Waals surface area contributed by atoms with E-state index < -0.39 is 0 Å². The standard InChI is InChI=1S/C19H26N2O2S/c1-3-15-12-18(24-14(15)2)19(22)20-13-16(17-8-7-11-23-17)21-9-5-4-6-10-21/h7-8,11-12,16H,3-6,9-10,13H2,1-2H3,(H,20,22)/t16-/m0/s1. The first-order valence-corrected chi connectivity index (χ1v) is 9.65. The van der Waals surface area contributed by atoms with Crippen molar-refractivity contribution in [3.05, 3.63) is 45.5 Å². The van der Waals surface area contributed by atoms with E-state index in [1.54, 1.807) is 17.6 Å². The molecule has 1 aliphatic rings. The van der Waals surface area contributed by atoms with Crippen LogP contribution < -0.4 is 5.32 Å². The van der Waals surface area contributed by atoms with Gasteiger partial charge in [-0.05, 0) is 63.0 Å². The molecule has 0 unspecified atom stereocenters. The fourth-order valence-electron chi connectivity index (χ4n) is 3.38. The van der Waals surface area contributed by atoms with Crippen LogP contribution in [0.25, 0.3) is 0 Å². The van der Waals surface area contributed by atoms with Crippen molar-refractivity contribution < 1.29 is 9.21 Å². The number of piperidine rings is 1. The fraction of sp³-hybridized carbons (Fsp3) is 0.526. The Kier molecular flexibility index (Phi) is 5.74. The highest BCUT2D eigenvalue weighted by Gasteiger charge is 2.25. The molecule has 24 heavy (non-hydrogen) atoms. The molecule has 1 fully saturated rings. The molecule has 5 heteroatoms. The molecule has 3 rings (SSSR count). The Balaban J connectivity index is 1.67. The van der Waals surface area contributed by atoms with Gasteiger partial charge in [-0.2, -0.15) is 0 Å². The lowest BCUT2D eigenvalue weighted by atomic mass is 10.1. The van der Waals surface area contributed by atoms with Gasteiger partial charge in [-0.1, -0.05) is 13.3 Å². The maximum Gasteiger partial charge on any atom is 0.261 e. The number of carbonyl (C=O) groups excluding carboxylic acids is 1. The number of hydrogen-bond donors (Lipinski definition) is 1. The van der Waals surface area contributed by atoms with Crippen LogP contribution in [0.4, 0.5) is 0 Å². The van der Waals surface area contributed by atoms with Crippen LogP contribution in [0.3, 0.4) is 0 Å². The van der Waals surface area contributed by atoms with Crippen LogP contribution >= 0.6 is 11.3 Å². The smallest absolute Gasteiger partial charge is 0.261 e. The van der Waals surface area contributed by atoms with E-state index in [-0.39, 0.29) is 11.9 Å². The van der Waals surface area contributed by atoms with Gasteiger partial charge in [0.2, 0.25) is 0 Å². The summed E-state index contributed by atoms with van der Waals surface area (Å²) in [5.41, 5.74) is 1.27. The Hall–Kier alpha value is -1.59. The summed E-state index contributed by atoms with van der Waals surface area (Å²) >= 11 is 1.58. The molecule has 0 aliphatic carbocycles. The maximum atomic E-state index is 12.5. The van der Waals surface area contributed by atoms with Crippen molar-refractivity contribution in [2.24, 2.45) is 0 Å². The third-order valence-corrected chi connectivity index (χ3v) is 5.88. The minimum absolute atomic E-state index is 0.0244. The summed E-state index contributed by atoms with van der Waals surface area (Å²) in [5.74, 6) is 0.963. The number of nitrogens with zero attached hydrogens (tertiary/aromatic N) is 1. The second-order valence-corrected chi connectivity index (χ2v) is 7.64. The number of thiophene rings is 1. The van der Waals surface area contributed by atoms with E-state index in [9.17, 15) is 4.79 Å². The topological polar surface area (TPSA) is 45.5 Å². The van der Waals surface area contributed by atoms with E-state index >= 15 is 0 Å². The van der Waals surface area contributed by atoms with E-state index in [4.69, 9.17) is 4.42 Å². The fourth-order valence-corrected chi connectivity index (χ4v) is 4.41. The largest absolute Gasteiger partial charge is 0.468 e. The second-order valence-electron chi connectivity index (χ2n) is 6.38. The molecule has 2 aromatic heterocycles. The summed E-state index contributed by atoms with van der Waals surface area (Å²) < 4.78 is 5.64. The molecular formula is C19H26N2O2S. The summed E-state index contributed by atoms with van der Waals surface area (Å²) in [5, 5.41) is 3.12. The number of amides is 1. The molecule has 0 radical (unpaired) electrons. The number of hydrogen-bond acceptors (Lipinski definition) is 4. The van der Waals surface area contributed by atoms with Crippen molar-refractivity contribution in [3.8, 4) is 0 Å². The summed E-state index contributed by atoms with van der Waals surface area (Å²) in [6.45, 7) is 6.93. The van der Waals surface area contributed by atoms with Crippen molar-refractivity contribution in [1.82, 2.24) is 10.2 Å². The SMILES string of the molecule is CCc1cc(C(=O)NC[C@@H](c2ccco2)N2CCCCC2)sc1C. The molecular weight excluding hydrogens is 320 g/mol. The highest BCUT2D eigenvalue weighted by atomic mass is 32.1. The van der Waals surface area contributed by atoms with E-state index in [2.05, 4.69) is 24.1 Å². The average Bonchev–Trinajstić information content (AvgIpc) is 3.25. The van der Waals surface area contributed by atoms with Crippen molar-refractivity contribution in [2.45, 2.75) is 45.6 Å². The summed E-state index contributed by atoms with van der Waals surface area (Å²) in [6, 6.07) is 6.08. The lowest BCUT2D eigenvalue weighted by Gasteiger charge is -2.33. The van der Waals surface area contributed by atoms with Crippen LogP contribution in [0.15, 0.2) is 28.9 Å². The normalized spacial score (nSPS) is 16.9. The zero-order valence-electron chi connectivity index (χ0n) is 14.5. The summed E-state index contributed by atoms with van der Waals surface area (Å²) in [7, 11) is 0. The Labute approximate surface area is 147 Å². The van der Waals surface area contributed by atoms with Crippen LogP contribution in [-0.2, 0) is 6.42 Å². The van der Waals surface area contributed by atoms with Gasteiger partial charge in [0, 0.05) is 11.4 Å². The van der Waals surface area contributed by atoms with Gasteiger partial charge in [-0.3, -0.25) is 9.69 Å². The molecule has 1 saturated heterocycles. The lowest BCUT2D eigenvalue weighted by Crippen LogP contribution is -2.40. The van der Waals surface area contributed by atoms with Gasteiger partial charge in [-0.15, -0.1) is 11.3 Å². The van der Waals surface area contributed by atoms with E-state index in [0.717, 1.165) is 30.1 Å². The van der Waals surface area contributed by atoms with Gasteiger partial charge in [0.25, 0.3) is 5.91 Å². The Morgan fingerprint density at radius 1 is 1.38 bits per heavy atom. The Morgan fingerprint density at radius 3 is 2.79 bits per heavy atom. The van der Waals surface area contributed by atoms with Crippen LogP contribution in [-0.4, -0.2) is 30.4 Å². The van der Waals surface area contributed by atoms with Crippen LogP contribution in [0, 0.1) is 6.92 Å². The average molecular weight is 346 g/mol. The summed E-state index contributed by atoms with van der Waals surface area (Å²) in [6.07, 6.45) is 6.41. The molecule has 0 aromatic carbocycles. The van der Waals surface area contributed by atoms with Gasteiger partial charge in [-0.25, -0.2) is 0 Å². The molecule has 2 aromatic rings. The number of nitrogens with one attached hydrogen (secondary N) is 1.